The number of hydrogen-bond donors (Lipinski definition) is 4. The molecular weight excluding hydrogens is 418 g/mol. The summed E-state index contributed by atoms with van der Waals surface area (Å²) in [7, 11) is -4.11. The minimum Gasteiger partial charge on any atom is -0.504 e. The molecular formula is C15H14ClN3O8S. The highest BCUT2D eigenvalue weighted by molar-refractivity contribution is 7.94. The van der Waals surface area contributed by atoms with Gasteiger partial charge in [-0.25, -0.2) is 18.6 Å². The van der Waals surface area contributed by atoms with Gasteiger partial charge in [-0.1, -0.05) is 11.6 Å². The van der Waals surface area contributed by atoms with E-state index in [1.165, 1.54) is 0 Å². The van der Waals surface area contributed by atoms with Crippen LogP contribution in [0.3, 0.4) is 0 Å². The number of hydrogen-bond acceptors (Lipinski definition) is 8. The number of sulfone groups is 1. The molecule has 1 aromatic rings. The van der Waals surface area contributed by atoms with Gasteiger partial charge in [-0.05, 0) is 19.1 Å². The van der Waals surface area contributed by atoms with Crippen molar-refractivity contribution in [1.29, 1.82) is 0 Å². The second-order valence-electron chi connectivity index (χ2n) is 6.42. The molecule has 11 nitrogen and oxygen atoms in total. The Labute approximate surface area is 163 Å². The van der Waals surface area contributed by atoms with Crippen molar-refractivity contribution in [3.8, 4) is 11.5 Å². The molecule has 0 saturated carbocycles. The Kier molecular flexibility index (Phi) is 4.51. The highest BCUT2D eigenvalue weighted by atomic mass is 35.5. The Morgan fingerprint density at radius 3 is 2.61 bits per heavy atom. The molecule has 0 aromatic heterocycles. The van der Waals surface area contributed by atoms with Gasteiger partial charge in [-0.3, -0.25) is 9.59 Å². The van der Waals surface area contributed by atoms with E-state index in [0.29, 0.717) is 0 Å². The molecule has 2 saturated heterocycles. The third-order valence-electron chi connectivity index (χ3n) is 4.80. The number of aromatic hydroxyl groups is 2. The Hall–Kier alpha value is -2.86. The summed E-state index contributed by atoms with van der Waals surface area (Å²) in [5, 5.41) is 30.1. The second-order valence-corrected chi connectivity index (χ2v) is 9.32. The van der Waals surface area contributed by atoms with Crippen LogP contribution in [0.1, 0.15) is 23.7 Å². The minimum atomic E-state index is -4.11. The third kappa shape index (κ3) is 2.59. The highest BCUT2D eigenvalue weighted by Gasteiger charge is 2.69. The number of benzene rings is 1. The van der Waals surface area contributed by atoms with Crippen molar-refractivity contribution < 1.29 is 38.1 Å². The topological polar surface area (TPSA) is 174 Å². The minimum absolute atomic E-state index is 0.262. The lowest BCUT2D eigenvalue weighted by molar-refractivity contribution is -0.156. The third-order valence-corrected chi connectivity index (χ3v) is 7.85. The number of hydrazone groups is 1. The van der Waals surface area contributed by atoms with E-state index < -0.39 is 60.3 Å². The van der Waals surface area contributed by atoms with Crippen LogP contribution in [-0.2, 0) is 19.4 Å². The molecule has 0 aliphatic carbocycles. The maximum atomic E-state index is 12.7. The normalized spacial score (nSPS) is 28.1. The lowest BCUT2D eigenvalue weighted by atomic mass is 9.97. The monoisotopic (exact) mass is 431 g/mol. The smallest absolute Gasteiger partial charge is 0.328 e. The van der Waals surface area contributed by atoms with Crippen LogP contribution in [0.15, 0.2) is 17.2 Å². The number of carbonyl (C=O) groups excluding carboxylic acids is 2. The molecule has 2 heterocycles. The first-order valence-corrected chi connectivity index (χ1v) is 9.68. The lowest BCUT2D eigenvalue weighted by Gasteiger charge is -2.35. The summed E-state index contributed by atoms with van der Waals surface area (Å²) in [5.41, 5.74) is 1.73. The summed E-state index contributed by atoms with van der Waals surface area (Å²) >= 11 is 5.76. The molecule has 0 bridgehead atoms. The van der Waals surface area contributed by atoms with Crippen molar-refractivity contribution >= 4 is 45.4 Å². The van der Waals surface area contributed by atoms with E-state index in [0.717, 1.165) is 30.2 Å². The molecule has 3 rings (SSSR count). The Morgan fingerprint density at radius 1 is 1.39 bits per heavy atom. The molecule has 2 aliphatic rings. The number of nitrogens with one attached hydrogen (secondary N) is 1. The zero-order chi connectivity index (χ0) is 21.0. The van der Waals surface area contributed by atoms with E-state index in [-0.39, 0.29) is 12.0 Å². The van der Waals surface area contributed by atoms with Crippen LogP contribution in [0.5, 0.6) is 11.5 Å². The van der Waals surface area contributed by atoms with E-state index >= 15 is 0 Å². The number of nitrogens with zero attached hydrogens (tertiary/aromatic N) is 2. The van der Waals surface area contributed by atoms with Gasteiger partial charge in [-0.2, -0.15) is 5.10 Å². The van der Waals surface area contributed by atoms with Gasteiger partial charge < -0.3 is 20.2 Å². The number of aliphatic carboxylic acids is 1. The van der Waals surface area contributed by atoms with E-state index in [1.54, 1.807) is 0 Å². The molecule has 13 heteroatoms. The standard InChI is InChI=1S/C15H14ClN3O8S/c1-15(12(14(24)25)19-8(21)4-9(19)28(15,26)27)5-17-18-13(23)6-2-3-7(20)11(22)10(6)16/h2-3,5,9,12,20,22H,4H2,1H3,(H,18,23)(H,24,25)/b17-5+/t9-,12+,15+/m1/s1. The number of β-lactam (4-membered cyclic amide) rings is 1. The molecule has 2 amide bonds. The maximum absolute atomic E-state index is 12.7. The fraction of sp³-hybridized carbons (Fsp3) is 0.333. The number of carboxylic acids is 1. The molecule has 4 N–H and O–H groups in total. The fourth-order valence-electron chi connectivity index (χ4n) is 3.21. The Balaban J connectivity index is 1.88. The van der Waals surface area contributed by atoms with Crippen molar-refractivity contribution in [2.75, 3.05) is 0 Å². The number of phenolic OH excluding ortho intramolecular Hbond substituents is 2. The maximum Gasteiger partial charge on any atom is 0.328 e. The van der Waals surface area contributed by atoms with Gasteiger partial charge in [0.05, 0.1) is 17.0 Å². The predicted octanol–water partition coefficient (Wildman–Crippen LogP) is -0.334. The summed E-state index contributed by atoms with van der Waals surface area (Å²) in [6.07, 6.45) is 0.434. The molecule has 0 unspecified atom stereocenters. The summed E-state index contributed by atoms with van der Waals surface area (Å²) in [5.74, 6) is -4.34. The van der Waals surface area contributed by atoms with E-state index in [2.05, 4.69) is 5.10 Å². The fourth-order valence-corrected chi connectivity index (χ4v) is 5.67. The van der Waals surface area contributed by atoms with Gasteiger partial charge in [0.2, 0.25) is 5.91 Å². The lowest BCUT2D eigenvalue weighted by Crippen LogP contribution is -2.57. The molecule has 0 spiro atoms. The average Bonchev–Trinajstić information content (AvgIpc) is 2.74. The van der Waals surface area contributed by atoms with Gasteiger partial charge in [-0.15, -0.1) is 0 Å². The summed E-state index contributed by atoms with van der Waals surface area (Å²) < 4.78 is 23.3. The molecule has 2 fully saturated rings. The largest absolute Gasteiger partial charge is 0.504 e. The van der Waals surface area contributed by atoms with E-state index in [1.807, 2.05) is 5.43 Å². The van der Waals surface area contributed by atoms with Crippen LogP contribution in [0, 0.1) is 0 Å². The zero-order valence-corrected chi connectivity index (χ0v) is 15.7. The van der Waals surface area contributed by atoms with Gasteiger partial charge in [0.1, 0.15) is 10.1 Å². The molecule has 0 radical (unpaired) electrons. The number of rotatable bonds is 4. The van der Waals surface area contributed by atoms with Crippen molar-refractivity contribution in [1.82, 2.24) is 10.3 Å². The van der Waals surface area contributed by atoms with Gasteiger partial charge in [0, 0.05) is 6.21 Å². The van der Waals surface area contributed by atoms with Gasteiger partial charge in [0.15, 0.2) is 27.4 Å². The van der Waals surface area contributed by atoms with Crippen molar-refractivity contribution in [2.45, 2.75) is 29.5 Å². The SMILES string of the molecule is C[C@]1(/C=N/NC(=O)c2ccc(O)c(O)c2Cl)[C@H](C(=O)O)N2C(=O)C[C@H]2S1(=O)=O. The Bertz CT molecular complexity index is 1040. The number of carbonyl (C=O) groups is 3. The molecule has 2 aliphatic heterocycles. The first-order chi connectivity index (χ1) is 12.9. The van der Waals surface area contributed by atoms with E-state index in [4.69, 9.17) is 11.6 Å². The molecule has 150 valence electrons. The Morgan fingerprint density at radius 2 is 2.04 bits per heavy atom. The summed E-state index contributed by atoms with van der Waals surface area (Å²) in [4.78, 5) is 36.2. The van der Waals surface area contributed by atoms with Crippen LogP contribution in [0.4, 0.5) is 0 Å². The van der Waals surface area contributed by atoms with E-state index in [9.17, 15) is 38.1 Å². The number of halogens is 1. The van der Waals surface area contributed by atoms with Crippen molar-refractivity contribution in [2.24, 2.45) is 5.10 Å². The number of amides is 2. The van der Waals surface area contributed by atoms with Crippen molar-refractivity contribution in [3.63, 3.8) is 0 Å². The predicted molar refractivity (Wildman–Crippen MR) is 94.7 cm³/mol. The first kappa shape index (κ1) is 19.9. The average molecular weight is 432 g/mol. The number of fused-ring (bicyclic) bond motifs is 1. The zero-order valence-electron chi connectivity index (χ0n) is 14.2. The molecule has 3 atom stereocenters. The van der Waals surface area contributed by atoms with Gasteiger partial charge in [0.25, 0.3) is 5.91 Å². The molecule has 1 aromatic carbocycles. The van der Waals surface area contributed by atoms with Crippen molar-refractivity contribution in [3.05, 3.63) is 22.7 Å². The number of phenols is 2. The van der Waals surface area contributed by atoms with Gasteiger partial charge >= 0.3 is 5.97 Å². The summed E-state index contributed by atoms with van der Waals surface area (Å²) in [6, 6.07) is 0.422. The van der Waals surface area contributed by atoms with Crippen LogP contribution in [-0.4, -0.2) is 68.8 Å². The molecule has 28 heavy (non-hydrogen) atoms. The number of carboxylic acid groups (broad SMARTS) is 1. The van der Waals surface area contributed by atoms with Crippen LogP contribution >= 0.6 is 11.6 Å². The van der Waals surface area contributed by atoms with Crippen LogP contribution < -0.4 is 5.43 Å². The summed E-state index contributed by atoms with van der Waals surface area (Å²) in [6.45, 7) is 1.10. The van der Waals surface area contributed by atoms with Crippen LogP contribution in [0.25, 0.3) is 0 Å². The quantitative estimate of drug-likeness (QED) is 0.217. The first-order valence-electron chi connectivity index (χ1n) is 7.76. The highest BCUT2D eigenvalue weighted by Crippen LogP contribution is 2.45. The van der Waals surface area contributed by atoms with Crippen LogP contribution in [0.2, 0.25) is 5.02 Å². The second kappa shape index (κ2) is 6.34.